The molecule has 3 rings (SSSR count). The first-order valence-corrected chi connectivity index (χ1v) is 9.51. The number of aryl methyl sites for hydroxylation is 1. The Morgan fingerprint density at radius 1 is 0.960 bits per heavy atom. The van der Waals surface area contributed by atoms with E-state index in [9.17, 15) is 4.79 Å². The second kappa shape index (κ2) is 8.13. The molecule has 1 heterocycles. The van der Waals surface area contributed by atoms with Gasteiger partial charge >= 0.3 is 0 Å². The molecule has 0 aliphatic heterocycles. The van der Waals surface area contributed by atoms with Gasteiger partial charge in [-0.25, -0.2) is 0 Å². The van der Waals surface area contributed by atoms with Crippen molar-refractivity contribution in [3.63, 3.8) is 0 Å². The molecule has 0 saturated carbocycles. The third kappa shape index (κ3) is 4.37. The van der Waals surface area contributed by atoms with Crippen LogP contribution in [0.15, 0.2) is 77.5 Å². The Labute approximate surface area is 153 Å². The largest absolute Gasteiger partial charge is 0.355 e. The monoisotopic (exact) mass is 349 g/mol. The molecule has 25 heavy (non-hydrogen) atoms. The van der Waals surface area contributed by atoms with E-state index in [-0.39, 0.29) is 11.3 Å². The predicted molar refractivity (Wildman–Crippen MR) is 105 cm³/mol. The predicted octanol–water partition coefficient (Wildman–Crippen LogP) is 4.80. The summed E-state index contributed by atoms with van der Waals surface area (Å²) in [5.41, 5.74) is 3.40. The summed E-state index contributed by atoms with van der Waals surface area (Å²) in [6, 6.07) is 22.8. The fraction of sp³-hybridized carbons (Fsp3) is 0.227. The van der Waals surface area contributed by atoms with Crippen molar-refractivity contribution in [3.8, 4) is 0 Å². The number of carbonyl (C=O) groups is 1. The fourth-order valence-electron chi connectivity index (χ4n) is 3.04. The summed E-state index contributed by atoms with van der Waals surface area (Å²) in [6.45, 7) is 2.78. The summed E-state index contributed by atoms with van der Waals surface area (Å²) < 4.78 is 0. The zero-order valence-electron chi connectivity index (χ0n) is 14.4. The summed E-state index contributed by atoms with van der Waals surface area (Å²) in [5.74, 6) is 0.101. The van der Waals surface area contributed by atoms with Gasteiger partial charge in [-0.2, -0.15) is 11.3 Å². The van der Waals surface area contributed by atoms with E-state index in [4.69, 9.17) is 0 Å². The minimum Gasteiger partial charge on any atom is -0.355 e. The summed E-state index contributed by atoms with van der Waals surface area (Å²) >= 11 is 1.67. The highest BCUT2D eigenvalue weighted by Crippen LogP contribution is 2.31. The van der Waals surface area contributed by atoms with Gasteiger partial charge in [0.1, 0.15) is 0 Å². The van der Waals surface area contributed by atoms with Crippen LogP contribution < -0.4 is 5.32 Å². The number of benzene rings is 2. The number of carbonyl (C=O) groups excluding carboxylic acids is 1. The molecule has 128 valence electrons. The average Bonchev–Trinajstić information content (AvgIpc) is 3.19. The van der Waals surface area contributed by atoms with Crippen LogP contribution >= 0.6 is 11.3 Å². The average molecular weight is 349 g/mol. The number of nitrogens with one attached hydrogen (secondary N) is 1. The van der Waals surface area contributed by atoms with Crippen molar-refractivity contribution in [3.05, 3.63) is 94.2 Å². The van der Waals surface area contributed by atoms with Crippen molar-refractivity contribution in [1.29, 1.82) is 0 Å². The van der Waals surface area contributed by atoms with Crippen molar-refractivity contribution in [1.82, 2.24) is 5.32 Å². The Balaban J connectivity index is 1.71. The van der Waals surface area contributed by atoms with Crippen LogP contribution in [0, 0.1) is 0 Å². The maximum absolute atomic E-state index is 12.3. The first kappa shape index (κ1) is 17.4. The molecule has 0 aliphatic carbocycles. The van der Waals surface area contributed by atoms with Crippen molar-refractivity contribution in [2.75, 3.05) is 6.54 Å². The van der Waals surface area contributed by atoms with Crippen LogP contribution in [0.1, 0.15) is 30.0 Å². The molecule has 3 heteroatoms. The van der Waals surface area contributed by atoms with Crippen LogP contribution in [0.25, 0.3) is 0 Å². The van der Waals surface area contributed by atoms with E-state index in [0.717, 1.165) is 6.42 Å². The lowest BCUT2D eigenvalue weighted by Crippen LogP contribution is -2.39. The molecule has 0 spiro atoms. The Morgan fingerprint density at radius 2 is 1.56 bits per heavy atom. The molecule has 3 aromatic rings. The van der Waals surface area contributed by atoms with E-state index in [2.05, 4.69) is 77.6 Å². The zero-order chi connectivity index (χ0) is 17.5. The van der Waals surface area contributed by atoms with Gasteiger partial charge in [-0.15, -0.1) is 0 Å². The third-order valence-electron chi connectivity index (χ3n) is 4.68. The van der Waals surface area contributed by atoms with Gasteiger partial charge < -0.3 is 5.32 Å². The van der Waals surface area contributed by atoms with Gasteiger partial charge in [0, 0.05) is 18.4 Å². The van der Waals surface area contributed by atoms with Crippen LogP contribution in [0.2, 0.25) is 0 Å². The molecule has 0 radical (unpaired) electrons. The highest BCUT2D eigenvalue weighted by atomic mass is 32.1. The highest BCUT2D eigenvalue weighted by molar-refractivity contribution is 7.07. The molecule has 2 nitrogen and oxygen atoms in total. The second-order valence-corrected chi connectivity index (χ2v) is 7.25. The molecule has 0 saturated heterocycles. The van der Waals surface area contributed by atoms with Gasteiger partial charge in [0.05, 0.1) is 0 Å². The molecule has 0 atom stereocenters. The summed E-state index contributed by atoms with van der Waals surface area (Å²) in [5, 5.41) is 7.30. The molecule has 1 N–H and O–H groups in total. The lowest BCUT2D eigenvalue weighted by Gasteiger charge is -2.31. The van der Waals surface area contributed by atoms with Gasteiger partial charge in [-0.05, 0) is 46.9 Å². The van der Waals surface area contributed by atoms with Crippen molar-refractivity contribution in [2.45, 2.75) is 25.2 Å². The quantitative estimate of drug-likeness (QED) is 0.652. The van der Waals surface area contributed by atoms with Crippen LogP contribution in [0.4, 0.5) is 0 Å². The van der Waals surface area contributed by atoms with E-state index in [1.54, 1.807) is 11.3 Å². The lowest BCUT2D eigenvalue weighted by atomic mass is 9.76. The van der Waals surface area contributed by atoms with Gasteiger partial charge in [-0.3, -0.25) is 4.79 Å². The van der Waals surface area contributed by atoms with Crippen molar-refractivity contribution >= 4 is 17.2 Å². The SMILES string of the molecule is CC(CNC(=O)CCc1ccsc1)(c1ccccc1)c1ccccc1. The molecule has 0 bridgehead atoms. The molecule has 0 fully saturated rings. The zero-order valence-corrected chi connectivity index (χ0v) is 15.3. The summed E-state index contributed by atoms with van der Waals surface area (Å²) in [6.07, 6.45) is 1.32. The van der Waals surface area contributed by atoms with Gasteiger partial charge in [-0.1, -0.05) is 60.7 Å². The fourth-order valence-corrected chi connectivity index (χ4v) is 3.74. The molecular formula is C22H23NOS. The van der Waals surface area contributed by atoms with E-state index in [1.807, 2.05) is 12.1 Å². The van der Waals surface area contributed by atoms with Crippen LogP contribution in [-0.2, 0) is 16.6 Å². The topological polar surface area (TPSA) is 29.1 Å². The summed E-state index contributed by atoms with van der Waals surface area (Å²) in [7, 11) is 0. The molecule has 0 unspecified atom stereocenters. The third-order valence-corrected chi connectivity index (χ3v) is 5.41. The van der Waals surface area contributed by atoms with Crippen LogP contribution in [-0.4, -0.2) is 12.5 Å². The van der Waals surface area contributed by atoms with E-state index < -0.39 is 0 Å². The standard InChI is InChI=1S/C22H23NOS/c1-22(19-8-4-2-5-9-19,20-10-6-3-7-11-20)17-23-21(24)13-12-18-14-15-25-16-18/h2-11,14-16H,12-13,17H2,1H3,(H,23,24). The second-order valence-electron chi connectivity index (χ2n) is 6.47. The van der Waals surface area contributed by atoms with Crippen LogP contribution in [0.3, 0.4) is 0 Å². The van der Waals surface area contributed by atoms with Gasteiger partial charge in [0.25, 0.3) is 0 Å². The van der Waals surface area contributed by atoms with E-state index in [0.29, 0.717) is 13.0 Å². The first-order valence-electron chi connectivity index (χ1n) is 8.57. The normalized spacial score (nSPS) is 11.2. The Kier molecular flexibility index (Phi) is 5.67. The van der Waals surface area contributed by atoms with Gasteiger partial charge in [0.2, 0.25) is 5.91 Å². The van der Waals surface area contributed by atoms with Crippen LogP contribution in [0.5, 0.6) is 0 Å². The lowest BCUT2D eigenvalue weighted by molar-refractivity contribution is -0.121. The van der Waals surface area contributed by atoms with Crippen molar-refractivity contribution < 1.29 is 4.79 Å². The number of thiophene rings is 1. The number of hydrogen-bond donors (Lipinski definition) is 1. The Bertz CT molecular complexity index is 742. The maximum Gasteiger partial charge on any atom is 0.220 e. The highest BCUT2D eigenvalue weighted by Gasteiger charge is 2.29. The van der Waals surface area contributed by atoms with Crippen molar-refractivity contribution in [2.24, 2.45) is 0 Å². The minimum absolute atomic E-state index is 0.101. The molecule has 0 aliphatic rings. The minimum atomic E-state index is -0.249. The molecular weight excluding hydrogens is 326 g/mol. The van der Waals surface area contributed by atoms with E-state index >= 15 is 0 Å². The number of hydrogen-bond acceptors (Lipinski definition) is 2. The number of amides is 1. The van der Waals surface area contributed by atoms with Gasteiger partial charge in [0.15, 0.2) is 0 Å². The maximum atomic E-state index is 12.3. The Hall–Kier alpha value is -2.39. The smallest absolute Gasteiger partial charge is 0.220 e. The first-order chi connectivity index (χ1) is 12.2. The summed E-state index contributed by atoms with van der Waals surface area (Å²) in [4.78, 5) is 12.3. The molecule has 1 amide bonds. The molecule has 2 aromatic carbocycles. The molecule has 1 aromatic heterocycles. The number of rotatable bonds is 7. The Morgan fingerprint density at radius 3 is 2.08 bits per heavy atom. The van der Waals surface area contributed by atoms with E-state index in [1.165, 1.54) is 16.7 Å².